The van der Waals surface area contributed by atoms with Gasteiger partial charge in [-0.2, -0.15) is 9.19 Å². The lowest BCUT2D eigenvalue weighted by atomic mass is 9.80. The van der Waals surface area contributed by atoms with Crippen molar-refractivity contribution < 1.29 is 16.8 Å². The van der Waals surface area contributed by atoms with Gasteiger partial charge in [0.15, 0.2) is 0 Å². The highest BCUT2D eigenvalue weighted by Crippen LogP contribution is 2.32. The Hall–Kier alpha value is -2.91. The first kappa shape index (κ1) is 26.2. The molecule has 2 aromatic heterocycles. The van der Waals surface area contributed by atoms with Gasteiger partial charge in [-0.1, -0.05) is 77.1 Å². The third kappa shape index (κ3) is 5.27. The molecule has 0 atom stereocenters. The minimum absolute atomic E-state index is 0.130. The number of fused-ring (bicyclic) bond motifs is 1. The van der Waals surface area contributed by atoms with E-state index in [1.54, 1.807) is 6.20 Å². The molecule has 9 heteroatoms. The van der Waals surface area contributed by atoms with E-state index in [4.69, 9.17) is 0 Å². The minimum Gasteiger partial charge on any atom is -0.241 e. The molecule has 0 aliphatic heterocycles. The van der Waals surface area contributed by atoms with Crippen LogP contribution >= 0.6 is 0 Å². The summed E-state index contributed by atoms with van der Waals surface area (Å²) in [6.07, 6.45) is 4.81. The van der Waals surface area contributed by atoms with E-state index in [9.17, 15) is 16.8 Å². The predicted octanol–water partition coefficient (Wildman–Crippen LogP) is 4.84. The zero-order chi connectivity index (χ0) is 26.5. The van der Waals surface area contributed by atoms with Crippen molar-refractivity contribution >= 4 is 30.9 Å². The van der Waals surface area contributed by atoms with Crippen LogP contribution in [0.5, 0.6) is 0 Å². The number of benzene rings is 2. The summed E-state index contributed by atoms with van der Waals surface area (Å²) in [5.41, 5.74) is 3.14. The van der Waals surface area contributed by atoms with Crippen molar-refractivity contribution in [1.82, 2.24) is 13.2 Å². The smallest absolute Gasteiger partial charge is 0.241 e. The van der Waals surface area contributed by atoms with E-state index in [1.165, 1.54) is 10.2 Å². The molecule has 0 bridgehead atoms. The van der Waals surface area contributed by atoms with E-state index < -0.39 is 25.5 Å². The van der Waals surface area contributed by atoms with Gasteiger partial charge in [0, 0.05) is 22.7 Å². The molecule has 4 rings (SSSR count). The third-order valence-corrected chi connectivity index (χ3v) is 8.91. The number of hydrogen-bond acceptors (Lipinski definition) is 5. The van der Waals surface area contributed by atoms with Crippen LogP contribution in [0.25, 0.3) is 10.9 Å². The number of hydrogen-bond donors (Lipinski definition) is 0. The fraction of sp³-hybridized carbons (Fsp3) is 0.370. The first-order valence-corrected chi connectivity index (χ1v) is 15.2. The van der Waals surface area contributed by atoms with Crippen molar-refractivity contribution in [3.05, 3.63) is 89.4 Å². The van der Waals surface area contributed by atoms with Crippen LogP contribution in [-0.2, 0) is 43.1 Å². The molecule has 192 valence electrons. The van der Waals surface area contributed by atoms with Gasteiger partial charge in [0.05, 0.1) is 23.7 Å². The van der Waals surface area contributed by atoms with E-state index in [1.807, 2.05) is 89.2 Å². The molecule has 0 aliphatic rings. The van der Waals surface area contributed by atoms with E-state index in [0.717, 1.165) is 32.5 Å². The lowest BCUT2D eigenvalue weighted by molar-refractivity contribution is 0.522. The summed E-state index contributed by atoms with van der Waals surface area (Å²) in [6.45, 7) is 10.1. The van der Waals surface area contributed by atoms with Crippen LogP contribution in [-0.4, -0.2) is 36.2 Å². The molecular formula is C27H33N3O4S2. The van der Waals surface area contributed by atoms with Crippen LogP contribution in [0.15, 0.2) is 67.0 Å². The molecule has 0 saturated carbocycles. The molecule has 36 heavy (non-hydrogen) atoms. The van der Waals surface area contributed by atoms with Crippen LogP contribution in [0.1, 0.15) is 57.0 Å². The molecule has 0 spiro atoms. The summed E-state index contributed by atoms with van der Waals surface area (Å²) in [4.78, 5) is 0. The highest BCUT2D eigenvalue weighted by Gasteiger charge is 2.28. The fourth-order valence-electron chi connectivity index (χ4n) is 4.50. The van der Waals surface area contributed by atoms with Gasteiger partial charge in [-0.3, -0.25) is 0 Å². The van der Waals surface area contributed by atoms with Crippen LogP contribution in [0, 0.1) is 0 Å². The zero-order valence-electron chi connectivity index (χ0n) is 21.6. The topological polar surface area (TPSA) is 91.0 Å². The lowest BCUT2D eigenvalue weighted by Crippen LogP contribution is -2.24. The maximum Gasteiger partial charge on any atom is 0.250 e. The van der Waals surface area contributed by atoms with E-state index in [-0.39, 0.29) is 11.2 Å². The number of para-hydroxylation sites is 1. The van der Waals surface area contributed by atoms with Crippen LogP contribution < -0.4 is 0 Å². The summed E-state index contributed by atoms with van der Waals surface area (Å²) in [5.74, 6) is -0.130. The molecule has 0 aliphatic carbocycles. The second-order valence-electron chi connectivity index (χ2n) is 11.1. The van der Waals surface area contributed by atoms with Gasteiger partial charge in [-0.05, 0) is 40.7 Å². The van der Waals surface area contributed by atoms with Gasteiger partial charge in [0.2, 0.25) is 10.0 Å². The van der Waals surface area contributed by atoms with Crippen LogP contribution in [0.3, 0.4) is 0 Å². The third-order valence-electron chi connectivity index (χ3n) is 6.38. The molecule has 0 N–H and O–H groups in total. The summed E-state index contributed by atoms with van der Waals surface area (Å²) in [7, 11) is -7.16. The van der Waals surface area contributed by atoms with Crippen LogP contribution in [0.2, 0.25) is 0 Å². The average molecular weight is 528 g/mol. The second-order valence-corrected chi connectivity index (χ2v) is 14.8. The molecular weight excluding hydrogens is 494 g/mol. The summed E-state index contributed by atoms with van der Waals surface area (Å²) >= 11 is 0. The van der Waals surface area contributed by atoms with Crippen molar-refractivity contribution in [2.75, 3.05) is 6.26 Å². The van der Waals surface area contributed by atoms with Crippen molar-refractivity contribution in [3.8, 4) is 0 Å². The van der Waals surface area contributed by atoms with Gasteiger partial charge >= 0.3 is 0 Å². The maximum atomic E-state index is 13.8. The molecule has 4 aromatic rings. The van der Waals surface area contributed by atoms with E-state index in [0.29, 0.717) is 17.5 Å². The molecule has 2 heterocycles. The number of aromatic nitrogens is 3. The normalized spacial score (nSPS) is 13.4. The molecule has 0 radical (unpaired) electrons. The first-order valence-electron chi connectivity index (χ1n) is 11.8. The van der Waals surface area contributed by atoms with Gasteiger partial charge in [0.1, 0.15) is 0 Å². The standard InChI is InChI=1S/C27H33N3O4S2/c1-26(2,3)25-15-22-12-7-8-13-24(22)30(25)36(33,34)19-21-11-9-10-20(14-21)16-27(4,5)23-17-28-29(18-23)35(6,31)32/h7-15,17-18H,16,19H2,1-6H3. The summed E-state index contributed by atoms with van der Waals surface area (Å²) < 4.78 is 53.6. The van der Waals surface area contributed by atoms with Gasteiger partial charge < -0.3 is 0 Å². The van der Waals surface area contributed by atoms with Gasteiger partial charge in [0.25, 0.3) is 10.0 Å². The lowest BCUT2D eigenvalue weighted by Gasteiger charge is -2.24. The zero-order valence-corrected chi connectivity index (χ0v) is 23.2. The molecule has 0 saturated heterocycles. The molecule has 0 fully saturated rings. The van der Waals surface area contributed by atoms with E-state index in [2.05, 4.69) is 5.10 Å². The maximum absolute atomic E-state index is 13.8. The Morgan fingerprint density at radius 3 is 2.17 bits per heavy atom. The Kier molecular flexibility index (Phi) is 6.46. The first-order chi connectivity index (χ1) is 16.6. The Balaban J connectivity index is 1.65. The van der Waals surface area contributed by atoms with Gasteiger partial charge in [-0.15, -0.1) is 0 Å². The van der Waals surface area contributed by atoms with Crippen LogP contribution in [0.4, 0.5) is 0 Å². The Morgan fingerprint density at radius 1 is 0.861 bits per heavy atom. The second kappa shape index (κ2) is 8.88. The number of nitrogens with zero attached hydrogens (tertiary/aromatic N) is 3. The van der Waals surface area contributed by atoms with Gasteiger partial charge in [-0.25, -0.2) is 20.8 Å². The SMILES string of the molecule is CC(C)(C)c1cc2ccccc2n1S(=O)(=O)Cc1cccc(CC(C)(C)c2cnn(S(C)(=O)=O)c2)c1. The average Bonchev–Trinajstić information content (AvgIpc) is 3.39. The molecule has 2 aromatic carbocycles. The molecule has 7 nitrogen and oxygen atoms in total. The van der Waals surface area contributed by atoms with Crippen molar-refractivity contribution in [2.45, 2.75) is 57.6 Å². The summed E-state index contributed by atoms with van der Waals surface area (Å²) in [5, 5.41) is 4.89. The highest BCUT2D eigenvalue weighted by atomic mass is 32.2. The largest absolute Gasteiger partial charge is 0.250 e. The quantitative estimate of drug-likeness (QED) is 0.343. The highest BCUT2D eigenvalue weighted by molar-refractivity contribution is 7.89. The fourth-order valence-corrected chi connectivity index (χ4v) is 6.85. The summed E-state index contributed by atoms with van der Waals surface area (Å²) in [6, 6.07) is 17.1. The monoisotopic (exact) mass is 527 g/mol. The van der Waals surface area contributed by atoms with Crippen molar-refractivity contribution in [1.29, 1.82) is 0 Å². The predicted molar refractivity (Wildman–Crippen MR) is 144 cm³/mol. The van der Waals surface area contributed by atoms with Crippen molar-refractivity contribution in [3.63, 3.8) is 0 Å². The minimum atomic E-state index is -3.70. The Morgan fingerprint density at radius 2 is 1.53 bits per heavy atom. The number of rotatable bonds is 7. The van der Waals surface area contributed by atoms with E-state index >= 15 is 0 Å². The Bertz CT molecular complexity index is 1640. The molecule has 0 unspecified atom stereocenters. The van der Waals surface area contributed by atoms with Crippen molar-refractivity contribution in [2.24, 2.45) is 0 Å². The molecule has 0 amide bonds. The Labute approximate surface area is 213 Å².